The largest absolute Gasteiger partial charge is 0.495 e. The first-order valence-electron chi connectivity index (χ1n) is 8.38. The minimum Gasteiger partial charge on any atom is -0.495 e. The Morgan fingerprint density at radius 1 is 1.19 bits per heavy atom. The van der Waals surface area contributed by atoms with Gasteiger partial charge in [-0.25, -0.2) is 0 Å². The van der Waals surface area contributed by atoms with Gasteiger partial charge >= 0.3 is 0 Å². The first kappa shape index (κ1) is 18.9. The van der Waals surface area contributed by atoms with Gasteiger partial charge in [0.15, 0.2) is 0 Å². The number of anilines is 1. The van der Waals surface area contributed by atoms with Crippen molar-refractivity contribution in [2.45, 2.75) is 19.0 Å². The highest BCUT2D eigenvalue weighted by Gasteiger charge is 2.24. The van der Waals surface area contributed by atoms with Gasteiger partial charge in [0.25, 0.3) is 0 Å². The predicted octanol–water partition coefficient (Wildman–Crippen LogP) is 2.35. The smallest absolute Gasteiger partial charge is 0.241 e. The maximum Gasteiger partial charge on any atom is 0.241 e. The second-order valence-corrected chi connectivity index (χ2v) is 6.15. The highest BCUT2D eigenvalue weighted by atomic mass is 35.5. The second-order valence-electron chi connectivity index (χ2n) is 6.15. The Kier molecular flexibility index (Phi) is 5.73. The first-order chi connectivity index (χ1) is 12.7. The summed E-state index contributed by atoms with van der Waals surface area (Å²) >= 11 is 0. The lowest BCUT2D eigenvalue weighted by molar-refractivity contribution is -0.118. The van der Waals surface area contributed by atoms with Crippen molar-refractivity contribution in [3.05, 3.63) is 66.2 Å². The van der Waals surface area contributed by atoms with Crippen LogP contribution in [0.15, 0.2) is 55.1 Å². The zero-order valence-electron chi connectivity index (χ0n) is 14.8. The number of fused-ring (bicyclic) bond motifs is 1. The minimum atomic E-state index is -0.284. The van der Waals surface area contributed by atoms with Crippen LogP contribution in [0.5, 0.6) is 5.75 Å². The molecule has 140 valence electrons. The molecule has 1 aromatic heterocycles. The average Bonchev–Trinajstić information content (AvgIpc) is 3.22. The lowest BCUT2D eigenvalue weighted by atomic mass is 9.95. The van der Waals surface area contributed by atoms with Gasteiger partial charge in [-0.05, 0) is 35.7 Å². The third-order valence-corrected chi connectivity index (χ3v) is 4.56. The summed E-state index contributed by atoms with van der Waals surface area (Å²) in [6.45, 7) is 0.687. The molecule has 1 aliphatic heterocycles. The summed E-state index contributed by atoms with van der Waals surface area (Å²) in [4.78, 5) is 12.8. The van der Waals surface area contributed by atoms with E-state index >= 15 is 0 Å². The van der Waals surface area contributed by atoms with Crippen LogP contribution in [-0.4, -0.2) is 33.8 Å². The number of nitrogens with zero attached hydrogens (tertiary/aromatic N) is 3. The number of rotatable bonds is 4. The molecule has 0 aliphatic carbocycles. The summed E-state index contributed by atoms with van der Waals surface area (Å²) in [5, 5.41) is 13.9. The van der Waals surface area contributed by atoms with E-state index < -0.39 is 0 Å². The fourth-order valence-electron chi connectivity index (χ4n) is 3.15. The summed E-state index contributed by atoms with van der Waals surface area (Å²) in [7, 11) is 1.58. The van der Waals surface area contributed by atoms with Crippen molar-refractivity contribution in [2.24, 2.45) is 0 Å². The molecule has 7 nitrogen and oxygen atoms in total. The van der Waals surface area contributed by atoms with E-state index in [1.54, 1.807) is 24.3 Å². The Balaban J connectivity index is 0.00000210. The Morgan fingerprint density at radius 2 is 1.93 bits per heavy atom. The van der Waals surface area contributed by atoms with Gasteiger partial charge in [0.1, 0.15) is 18.4 Å². The van der Waals surface area contributed by atoms with Gasteiger partial charge in [-0.15, -0.1) is 22.6 Å². The normalized spacial score (nSPS) is 15.4. The van der Waals surface area contributed by atoms with Gasteiger partial charge in [0, 0.05) is 6.54 Å². The quantitative estimate of drug-likeness (QED) is 0.720. The van der Waals surface area contributed by atoms with Gasteiger partial charge in [0.2, 0.25) is 5.91 Å². The topological polar surface area (TPSA) is 81.1 Å². The van der Waals surface area contributed by atoms with Crippen molar-refractivity contribution in [1.29, 1.82) is 0 Å². The van der Waals surface area contributed by atoms with E-state index in [1.165, 1.54) is 11.1 Å². The fourth-order valence-corrected chi connectivity index (χ4v) is 3.15. The highest BCUT2D eigenvalue weighted by molar-refractivity contribution is 5.96. The summed E-state index contributed by atoms with van der Waals surface area (Å²) < 4.78 is 7.15. The molecule has 4 rings (SSSR count). The Morgan fingerprint density at radius 3 is 2.67 bits per heavy atom. The summed E-state index contributed by atoms with van der Waals surface area (Å²) in [6, 6.07) is 13.4. The maximum absolute atomic E-state index is 12.8. The SMILES string of the molecule is COc1ccc(-n2cnnc2)cc1NC(=O)[C@H]1Cc2ccccc2CN1.Cl. The van der Waals surface area contributed by atoms with Crippen molar-refractivity contribution >= 4 is 24.0 Å². The van der Waals surface area contributed by atoms with E-state index in [0.29, 0.717) is 24.4 Å². The number of hydrogen-bond donors (Lipinski definition) is 2. The number of hydrogen-bond acceptors (Lipinski definition) is 5. The molecular weight excluding hydrogens is 366 g/mol. The van der Waals surface area contributed by atoms with Crippen LogP contribution in [0.3, 0.4) is 0 Å². The molecule has 1 atom stereocenters. The molecule has 0 bridgehead atoms. The molecule has 27 heavy (non-hydrogen) atoms. The molecule has 8 heteroatoms. The van der Waals surface area contributed by atoms with E-state index in [0.717, 1.165) is 5.69 Å². The number of ether oxygens (including phenoxy) is 1. The van der Waals surface area contributed by atoms with E-state index in [2.05, 4.69) is 33.0 Å². The van der Waals surface area contributed by atoms with Gasteiger partial charge < -0.3 is 15.4 Å². The van der Waals surface area contributed by atoms with Crippen molar-refractivity contribution in [1.82, 2.24) is 20.1 Å². The molecule has 0 unspecified atom stereocenters. The first-order valence-corrected chi connectivity index (χ1v) is 8.38. The van der Waals surface area contributed by atoms with Crippen LogP contribution in [0.4, 0.5) is 5.69 Å². The number of amides is 1. The minimum absolute atomic E-state index is 0. The summed E-state index contributed by atoms with van der Waals surface area (Å²) in [6.07, 6.45) is 3.87. The monoisotopic (exact) mass is 385 g/mol. The van der Waals surface area contributed by atoms with Crippen LogP contribution in [0, 0.1) is 0 Å². The molecular formula is C19H20ClN5O2. The van der Waals surface area contributed by atoms with Crippen LogP contribution in [0.2, 0.25) is 0 Å². The molecule has 2 aromatic carbocycles. The third-order valence-electron chi connectivity index (χ3n) is 4.56. The lowest BCUT2D eigenvalue weighted by Gasteiger charge is -2.25. The van der Waals surface area contributed by atoms with Gasteiger partial charge in [-0.2, -0.15) is 0 Å². The highest BCUT2D eigenvalue weighted by Crippen LogP contribution is 2.27. The van der Waals surface area contributed by atoms with Crippen LogP contribution in [0.25, 0.3) is 5.69 Å². The van der Waals surface area contributed by atoms with Crippen LogP contribution in [0.1, 0.15) is 11.1 Å². The predicted molar refractivity (Wildman–Crippen MR) is 105 cm³/mol. The van der Waals surface area contributed by atoms with Crippen molar-refractivity contribution in [3.63, 3.8) is 0 Å². The molecule has 0 radical (unpaired) electrons. The zero-order valence-corrected chi connectivity index (χ0v) is 15.6. The Bertz CT molecular complexity index is 930. The fraction of sp³-hybridized carbons (Fsp3) is 0.211. The molecule has 3 aromatic rings. The molecule has 2 heterocycles. The molecule has 0 spiro atoms. The molecule has 0 saturated heterocycles. The van der Waals surface area contributed by atoms with E-state index in [-0.39, 0.29) is 24.4 Å². The van der Waals surface area contributed by atoms with Crippen molar-refractivity contribution in [3.8, 4) is 11.4 Å². The van der Waals surface area contributed by atoms with E-state index in [1.807, 2.05) is 30.3 Å². The summed E-state index contributed by atoms with van der Waals surface area (Å²) in [5.74, 6) is 0.519. The number of carbonyl (C=O) groups excluding carboxylic acids is 1. The van der Waals surface area contributed by atoms with Crippen LogP contribution >= 0.6 is 12.4 Å². The number of methoxy groups -OCH3 is 1. The average molecular weight is 386 g/mol. The summed E-state index contributed by atoms with van der Waals surface area (Å²) in [5.41, 5.74) is 3.90. The standard InChI is InChI=1S/C19H19N5O2.ClH/c1-26-18-7-6-15(24-11-21-22-12-24)9-16(18)23-19(25)17-8-13-4-2-3-5-14(13)10-20-17;/h2-7,9,11-12,17,20H,8,10H2,1H3,(H,23,25);1H/t17-;/m1./s1. The van der Waals surface area contributed by atoms with Crippen LogP contribution in [-0.2, 0) is 17.8 Å². The van der Waals surface area contributed by atoms with Gasteiger partial charge in [-0.1, -0.05) is 24.3 Å². The lowest BCUT2D eigenvalue weighted by Crippen LogP contribution is -2.44. The molecule has 2 N–H and O–H groups in total. The van der Waals surface area contributed by atoms with Crippen molar-refractivity contribution < 1.29 is 9.53 Å². The maximum atomic E-state index is 12.8. The van der Waals surface area contributed by atoms with Crippen molar-refractivity contribution in [2.75, 3.05) is 12.4 Å². The number of benzene rings is 2. The number of aromatic nitrogens is 3. The number of halogens is 1. The Labute approximate surface area is 163 Å². The molecule has 1 amide bonds. The zero-order chi connectivity index (χ0) is 17.9. The molecule has 0 fully saturated rings. The second kappa shape index (κ2) is 8.20. The number of carbonyl (C=O) groups is 1. The third kappa shape index (κ3) is 3.94. The van der Waals surface area contributed by atoms with E-state index in [4.69, 9.17) is 4.74 Å². The molecule has 0 saturated carbocycles. The van der Waals surface area contributed by atoms with Crippen LogP contribution < -0.4 is 15.4 Å². The van der Waals surface area contributed by atoms with Gasteiger partial charge in [0.05, 0.1) is 24.5 Å². The Hall–Kier alpha value is -2.90. The number of nitrogens with one attached hydrogen (secondary N) is 2. The van der Waals surface area contributed by atoms with E-state index in [9.17, 15) is 4.79 Å². The van der Waals surface area contributed by atoms with Gasteiger partial charge in [-0.3, -0.25) is 9.36 Å². The molecule has 1 aliphatic rings.